The zero-order valence-corrected chi connectivity index (χ0v) is 12.6. The molecule has 0 amide bonds. The lowest BCUT2D eigenvalue weighted by Gasteiger charge is -2.51. The van der Waals surface area contributed by atoms with E-state index in [9.17, 15) is 0 Å². The van der Waals surface area contributed by atoms with Gasteiger partial charge in [0.25, 0.3) is 0 Å². The lowest BCUT2D eigenvalue weighted by Crippen LogP contribution is -2.68. The van der Waals surface area contributed by atoms with Crippen molar-refractivity contribution in [1.82, 2.24) is 0 Å². The van der Waals surface area contributed by atoms with E-state index < -0.39 is 8.56 Å². The fraction of sp³-hybridized carbons (Fsp3) is 1.00. The topological polar surface area (TPSA) is 53.7 Å². The third-order valence-corrected chi connectivity index (χ3v) is 8.93. The van der Waals surface area contributed by atoms with Gasteiger partial charge in [0.05, 0.1) is 0 Å². The van der Waals surface area contributed by atoms with E-state index in [1.807, 2.05) is 0 Å². The summed E-state index contributed by atoms with van der Waals surface area (Å²) in [5.41, 5.74) is 5.65. The number of nitrogens with two attached hydrogens (primary N) is 1. The van der Waals surface area contributed by atoms with Crippen LogP contribution in [0.15, 0.2) is 0 Å². The number of rotatable bonds is 6. The number of hydrogen-bond donors (Lipinski definition) is 1. The van der Waals surface area contributed by atoms with Crippen molar-refractivity contribution >= 4 is 8.56 Å². The second kappa shape index (κ2) is 6.29. The highest BCUT2D eigenvalue weighted by Gasteiger charge is 2.61. The van der Waals surface area contributed by atoms with Crippen molar-refractivity contribution < 1.29 is 13.6 Å². The van der Waals surface area contributed by atoms with Crippen LogP contribution in [0.2, 0.25) is 6.04 Å². The van der Waals surface area contributed by atoms with Crippen molar-refractivity contribution in [2.45, 2.75) is 43.9 Å². The van der Waals surface area contributed by atoms with E-state index in [2.05, 4.69) is 6.92 Å². The first-order valence-corrected chi connectivity index (χ1v) is 8.50. The average molecular weight is 261 g/mol. The molecule has 0 radical (unpaired) electrons. The molecule has 0 aromatic heterocycles. The van der Waals surface area contributed by atoms with E-state index in [0.29, 0.717) is 12.5 Å². The van der Waals surface area contributed by atoms with Gasteiger partial charge in [-0.25, -0.2) is 0 Å². The first kappa shape index (κ1) is 15.1. The maximum atomic E-state index is 5.95. The van der Waals surface area contributed by atoms with Crippen LogP contribution >= 0.6 is 0 Å². The van der Waals surface area contributed by atoms with Crippen molar-refractivity contribution in [3.05, 3.63) is 0 Å². The maximum Gasteiger partial charge on any atom is 0.371 e. The Balaban J connectivity index is 3.04. The molecule has 17 heavy (non-hydrogen) atoms. The van der Waals surface area contributed by atoms with Gasteiger partial charge in [-0.3, -0.25) is 0 Å². The molecule has 1 saturated heterocycles. The molecular formula is C12H27NO3Si. The Morgan fingerprint density at radius 3 is 2.41 bits per heavy atom. The van der Waals surface area contributed by atoms with Gasteiger partial charge in [0.1, 0.15) is 5.22 Å². The molecule has 2 unspecified atom stereocenters. The van der Waals surface area contributed by atoms with Crippen LogP contribution in [0.5, 0.6) is 0 Å². The minimum Gasteiger partial charge on any atom is -0.396 e. The van der Waals surface area contributed by atoms with E-state index in [1.165, 1.54) is 12.8 Å². The van der Waals surface area contributed by atoms with Crippen molar-refractivity contribution in [3.63, 3.8) is 0 Å². The Kier molecular flexibility index (Phi) is 5.59. The first-order chi connectivity index (χ1) is 8.12. The van der Waals surface area contributed by atoms with Gasteiger partial charge >= 0.3 is 8.56 Å². The number of ether oxygens (including phenoxy) is 1. The monoisotopic (exact) mass is 261 g/mol. The van der Waals surface area contributed by atoms with Crippen LogP contribution in [-0.4, -0.2) is 41.7 Å². The van der Waals surface area contributed by atoms with Gasteiger partial charge < -0.3 is 19.3 Å². The van der Waals surface area contributed by atoms with Crippen LogP contribution < -0.4 is 5.73 Å². The molecule has 0 aromatic rings. The largest absolute Gasteiger partial charge is 0.396 e. The van der Waals surface area contributed by atoms with Gasteiger partial charge in [-0.1, -0.05) is 13.3 Å². The van der Waals surface area contributed by atoms with Gasteiger partial charge in [-0.15, -0.1) is 0 Å². The summed E-state index contributed by atoms with van der Waals surface area (Å²) in [7, 11) is 3.04. The molecule has 0 aliphatic carbocycles. The summed E-state index contributed by atoms with van der Waals surface area (Å²) in [6.07, 6.45) is 4.25. The fourth-order valence-electron chi connectivity index (χ4n) is 3.35. The predicted octanol–water partition coefficient (Wildman–Crippen LogP) is 1.81. The summed E-state index contributed by atoms with van der Waals surface area (Å²) in [5.74, 6) is 0.472. The zero-order valence-electron chi connectivity index (χ0n) is 11.6. The quantitative estimate of drug-likeness (QED) is 0.741. The van der Waals surface area contributed by atoms with Crippen molar-refractivity contribution in [1.29, 1.82) is 0 Å². The highest BCUT2D eigenvalue weighted by Crippen LogP contribution is 2.46. The fourth-order valence-corrected chi connectivity index (χ4v) is 7.48. The molecule has 2 N–H and O–H groups in total. The average Bonchev–Trinajstić information content (AvgIpc) is 2.37. The molecule has 0 aromatic carbocycles. The Morgan fingerprint density at radius 1 is 1.29 bits per heavy atom. The van der Waals surface area contributed by atoms with Gasteiger partial charge in [0.15, 0.2) is 0 Å². The first-order valence-electron chi connectivity index (χ1n) is 6.48. The summed E-state index contributed by atoms with van der Waals surface area (Å²) < 4.78 is 17.7. The van der Waals surface area contributed by atoms with E-state index in [0.717, 1.165) is 18.9 Å². The maximum absolute atomic E-state index is 5.95. The number of methoxy groups -OCH3 is 1. The second-order valence-corrected chi connectivity index (χ2v) is 8.61. The van der Waals surface area contributed by atoms with Crippen molar-refractivity contribution in [2.24, 2.45) is 11.7 Å². The molecule has 0 bridgehead atoms. The third-order valence-electron chi connectivity index (χ3n) is 4.36. The highest BCUT2D eigenvalue weighted by atomic mass is 28.4. The van der Waals surface area contributed by atoms with E-state index in [1.54, 1.807) is 21.3 Å². The van der Waals surface area contributed by atoms with E-state index in [-0.39, 0.29) is 5.22 Å². The minimum absolute atomic E-state index is 0.242. The molecular weight excluding hydrogens is 234 g/mol. The summed E-state index contributed by atoms with van der Waals surface area (Å²) in [5, 5.41) is -0.242. The standard InChI is InChI=1S/C12H27NO3Si/c1-11-7-5-10-17(15-3,16-4)12(11,14-2)8-6-9-13/h11H,5-10,13H2,1-4H3. The van der Waals surface area contributed by atoms with Gasteiger partial charge in [0.2, 0.25) is 0 Å². The predicted molar refractivity (Wildman–Crippen MR) is 71.0 cm³/mol. The minimum atomic E-state index is -2.29. The summed E-state index contributed by atoms with van der Waals surface area (Å²) in [6.45, 7) is 2.94. The Morgan fingerprint density at radius 2 is 1.94 bits per heavy atom. The van der Waals surface area contributed by atoms with E-state index >= 15 is 0 Å². The molecule has 1 aliphatic rings. The third kappa shape index (κ3) is 2.44. The molecule has 0 saturated carbocycles. The van der Waals surface area contributed by atoms with Crippen LogP contribution in [-0.2, 0) is 13.6 Å². The molecule has 5 heteroatoms. The lowest BCUT2D eigenvalue weighted by atomic mass is 9.94. The molecule has 2 atom stereocenters. The molecule has 1 fully saturated rings. The Hall–Kier alpha value is 0.0569. The van der Waals surface area contributed by atoms with Crippen molar-refractivity contribution in [2.75, 3.05) is 27.9 Å². The molecule has 0 spiro atoms. The van der Waals surface area contributed by atoms with Crippen LogP contribution in [0.1, 0.15) is 32.6 Å². The van der Waals surface area contributed by atoms with Crippen LogP contribution in [0.3, 0.4) is 0 Å². The second-order valence-electron chi connectivity index (χ2n) is 4.94. The molecule has 1 heterocycles. The van der Waals surface area contributed by atoms with Crippen LogP contribution in [0.25, 0.3) is 0 Å². The summed E-state index contributed by atoms with van der Waals surface area (Å²) >= 11 is 0. The molecule has 1 rings (SSSR count). The molecule has 4 nitrogen and oxygen atoms in total. The Labute approximate surface area is 106 Å². The van der Waals surface area contributed by atoms with Crippen molar-refractivity contribution in [3.8, 4) is 0 Å². The smallest absolute Gasteiger partial charge is 0.371 e. The summed E-state index contributed by atoms with van der Waals surface area (Å²) in [6, 6.07) is 1.02. The highest BCUT2D eigenvalue weighted by molar-refractivity contribution is 6.70. The lowest BCUT2D eigenvalue weighted by molar-refractivity contribution is -0.0484. The SMILES string of the molecule is COC1(CCCN)C(C)CCC[Si]1(OC)OC. The van der Waals surface area contributed by atoms with Gasteiger partial charge in [-0.2, -0.15) is 0 Å². The van der Waals surface area contributed by atoms with Crippen LogP contribution in [0, 0.1) is 5.92 Å². The Bertz CT molecular complexity index is 236. The molecule has 1 aliphatic heterocycles. The zero-order chi connectivity index (χ0) is 12.9. The van der Waals surface area contributed by atoms with Gasteiger partial charge in [-0.05, 0) is 37.8 Å². The van der Waals surface area contributed by atoms with Gasteiger partial charge in [0, 0.05) is 21.3 Å². The van der Waals surface area contributed by atoms with E-state index in [4.69, 9.17) is 19.3 Å². The number of hydrogen-bond acceptors (Lipinski definition) is 4. The van der Waals surface area contributed by atoms with Crippen LogP contribution in [0.4, 0.5) is 0 Å². The summed E-state index contributed by atoms with van der Waals surface area (Å²) in [4.78, 5) is 0. The molecule has 102 valence electrons. The normalized spacial score (nSPS) is 32.6.